The second-order valence-corrected chi connectivity index (χ2v) is 4.60. The molecule has 3 nitrogen and oxygen atoms in total. The maximum absolute atomic E-state index is 12.0. The molecule has 1 rings (SSSR count). The molecule has 0 bridgehead atoms. The minimum atomic E-state index is -0.354. The zero-order valence-corrected chi connectivity index (χ0v) is 11.4. The van der Waals surface area contributed by atoms with Crippen molar-refractivity contribution < 1.29 is 4.79 Å². The third-order valence-electron chi connectivity index (χ3n) is 3.13. The highest BCUT2D eigenvalue weighted by Crippen LogP contribution is 2.15. The highest BCUT2D eigenvalue weighted by molar-refractivity contribution is 5.94. The fraction of sp³-hybridized carbons (Fsp3) is 0.462. The third kappa shape index (κ3) is 4.02. The molecule has 0 spiro atoms. The van der Waals surface area contributed by atoms with Crippen molar-refractivity contribution in [2.75, 3.05) is 6.54 Å². The van der Waals surface area contributed by atoms with Gasteiger partial charge < -0.3 is 11.1 Å². The fourth-order valence-electron chi connectivity index (χ4n) is 1.35. The predicted molar refractivity (Wildman–Crippen MR) is 73.5 cm³/mol. The fourth-order valence-corrected chi connectivity index (χ4v) is 1.35. The molecule has 0 aliphatic heterocycles. The van der Waals surface area contributed by atoms with Crippen molar-refractivity contribution in [3.63, 3.8) is 0 Å². The van der Waals surface area contributed by atoms with E-state index in [-0.39, 0.29) is 23.9 Å². The summed E-state index contributed by atoms with van der Waals surface area (Å²) in [6, 6.07) is 9.19. The van der Waals surface area contributed by atoms with Crippen molar-refractivity contribution in [2.45, 2.75) is 26.3 Å². The molecule has 0 aromatic heterocycles. The van der Waals surface area contributed by atoms with E-state index in [9.17, 15) is 4.79 Å². The molecule has 0 aliphatic rings. The smallest absolute Gasteiger partial charge is 0.251 e. The first-order chi connectivity index (χ1) is 7.49. The lowest BCUT2D eigenvalue weighted by atomic mass is 9.88. The van der Waals surface area contributed by atoms with Gasteiger partial charge in [0.05, 0.1) is 5.54 Å². The van der Waals surface area contributed by atoms with E-state index in [4.69, 9.17) is 5.73 Å². The average molecular weight is 257 g/mol. The molecule has 0 saturated carbocycles. The molecule has 1 aromatic carbocycles. The van der Waals surface area contributed by atoms with Crippen LogP contribution >= 0.6 is 12.4 Å². The Morgan fingerprint density at radius 3 is 2.29 bits per heavy atom. The van der Waals surface area contributed by atoms with Gasteiger partial charge in [0.1, 0.15) is 0 Å². The van der Waals surface area contributed by atoms with E-state index in [0.29, 0.717) is 18.0 Å². The summed E-state index contributed by atoms with van der Waals surface area (Å²) in [7, 11) is 0. The summed E-state index contributed by atoms with van der Waals surface area (Å²) >= 11 is 0. The number of benzene rings is 1. The van der Waals surface area contributed by atoms with Gasteiger partial charge >= 0.3 is 0 Å². The second-order valence-electron chi connectivity index (χ2n) is 4.60. The highest BCUT2D eigenvalue weighted by atomic mass is 35.5. The topological polar surface area (TPSA) is 55.1 Å². The molecule has 4 heteroatoms. The number of carbonyl (C=O) groups excluding carboxylic acids is 1. The quantitative estimate of drug-likeness (QED) is 0.868. The standard InChI is InChI=1S/C13H20N2O.ClH/c1-10(2)13(3,9-14)15-12(16)11-7-5-4-6-8-11;/h4-8,10H,9,14H2,1-3H3,(H,15,16);1H. The van der Waals surface area contributed by atoms with Crippen LogP contribution < -0.4 is 11.1 Å². The molecule has 17 heavy (non-hydrogen) atoms. The second kappa shape index (κ2) is 6.62. The summed E-state index contributed by atoms with van der Waals surface area (Å²) in [5, 5.41) is 2.99. The van der Waals surface area contributed by atoms with Gasteiger partial charge in [0.25, 0.3) is 5.91 Å². The van der Waals surface area contributed by atoms with Crippen LogP contribution in [-0.4, -0.2) is 18.0 Å². The van der Waals surface area contributed by atoms with Crippen LogP contribution in [0, 0.1) is 5.92 Å². The minimum absolute atomic E-state index is 0. The molecular weight excluding hydrogens is 236 g/mol. The Kier molecular flexibility index (Phi) is 6.21. The van der Waals surface area contributed by atoms with Crippen molar-refractivity contribution in [3.05, 3.63) is 35.9 Å². The monoisotopic (exact) mass is 256 g/mol. The van der Waals surface area contributed by atoms with Crippen molar-refractivity contribution in [1.29, 1.82) is 0 Å². The molecule has 0 saturated heterocycles. The Morgan fingerprint density at radius 2 is 1.88 bits per heavy atom. The first kappa shape index (κ1) is 15.9. The molecule has 0 aliphatic carbocycles. The molecule has 1 atom stereocenters. The number of carbonyl (C=O) groups is 1. The van der Waals surface area contributed by atoms with E-state index >= 15 is 0 Å². The summed E-state index contributed by atoms with van der Waals surface area (Å²) < 4.78 is 0. The first-order valence-corrected chi connectivity index (χ1v) is 5.57. The summed E-state index contributed by atoms with van der Waals surface area (Å²) in [6.07, 6.45) is 0. The van der Waals surface area contributed by atoms with Crippen LogP contribution in [0.2, 0.25) is 0 Å². The van der Waals surface area contributed by atoms with Crippen LogP contribution in [0.3, 0.4) is 0 Å². The predicted octanol–water partition coefficient (Wildman–Crippen LogP) is 2.21. The summed E-state index contributed by atoms with van der Waals surface area (Å²) in [4.78, 5) is 12.0. The molecule has 1 amide bonds. The largest absolute Gasteiger partial charge is 0.345 e. The van der Waals surface area contributed by atoms with E-state index < -0.39 is 0 Å². The number of hydrogen-bond acceptors (Lipinski definition) is 2. The third-order valence-corrected chi connectivity index (χ3v) is 3.13. The van der Waals surface area contributed by atoms with E-state index in [1.165, 1.54) is 0 Å². The number of hydrogen-bond donors (Lipinski definition) is 2. The number of halogens is 1. The van der Waals surface area contributed by atoms with E-state index in [1.54, 1.807) is 12.1 Å². The van der Waals surface area contributed by atoms with Crippen LogP contribution in [0.1, 0.15) is 31.1 Å². The first-order valence-electron chi connectivity index (χ1n) is 5.57. The summed E-state index contributed by atoms with van der Waals surface area (Å²) in [5.74, 6) is 0.229. The molecule has 1 unspecified atom stereocenters. The lowest BCUT2D eigenvalue weighted by Crippen LogP contribution is -2.55. The molecule has 1 aromatic rings. The Bertz CT molecular complexity index is 354. The number of rotatable bonds is 4. The van der Waals surface area contributed by atoms with Crippen molar-refractivity contribution >= 4 is 18.3 Å². The Hall–Kier alpha value is -1.06. The normalized spacial score (nSPS) is 13.7. The van der Waals surface area contributed by atoms with Crippen LogP contribution in [0.4, 0.5) is 0 Å². The van der Waals surface area contributed by atoms with Gasteiger partial charge in [-0.05, 0) is 25.0 Å². The maximum Gasteiger partial charge on any atom is 0.251 e. The molecular formula is C13H21ClN2O. The lowest BCUT2D eigenvalue weighted by molar-refractivity contribution is 0.0883. The van der Waals surface area contributed by atoms with Gasteiger partial charge in [0.2, 0.25) is 0 Å². The van der Waals surface area contributed by atoms with Gasteiger partial charge in [-0.3, -0.25) is 4.79 Å². The van der Waals surface area contributed by atoms with Crippen LogP contribution in [0.5, 0.6) is 0 Å². The van der Waals surface area contributed by atoms with Crippen molar-refractivity contribution in [3.8, 4) is 0 Å². The lowest BCUT2D eigenvalue weighted by Gasteiger charge is -2.33. The van der Waals surface area contributed by atoms with E-state index in [0.717, 1.165) is 0 Å². The minimum Gasteiger partial charge on any atom is -0.345 e. The summed E-state index contributed by atoms with van der Waals surface area (Å²) in [6.45, 7) is 6.51. The van der Waals surface area contributed by atoms with Crippen LogP contribution in [-0.2, 0) is 0 Å². The summed E-state index contributed by atoms with van der Waals surface area (Å²) in [5.41, 5.74) is 6.03. The zero-order valence-electron chi connectivity index (χ0n) is 10.6. The Balaban J connectivity index is 0.00000256. The van der Waals surface area contributed by atoms with E-state index in [1.807, 2.05) is 25.1 Å². The Morgan fingerprint density at radius 1 is 1.35 bits per heavy atom. The van der Waals surface area contributed by atoms with Gasteiger partial charge in [0.15, 0.2) is 0 Å². The number of nitrogens with one attached hydrogen (secondary N) is 1. The molecule has 0 fully saturated rings. The molecule has 96 valence electrons. The molecule has 0 heterocycles. The number of nitrogens with two attached hydrogens (primary N) is 1. The SMILES string of the molecule is CC(C)C(C)(CN)NC(=O)c1ccccc1.Cl. The van der Waals surface area contributed by atoms with Crippen molar-refractivity contribution in [1.82, 2.24) is 5.32 Å². The average Bonchev–Trinajstić information content (AvgIpc) is 2.29. The van der Waals surface area contributed by atoms with Crippen molar-refractivity contribution in [2.24, 2.45) is 11.7 Å². The van der Waals surface area contributed by atoms with Gasteiger partial charge in [-0.15, -0.1) is 12.4 Å². The van der Waals surface area contributed by atoms with Gasteiger partial charge in [-0.25, -0.2) is 0 Å². The number of amides is 1. The highest BCUT2D eigenvalue weighted by Gasteiger charge is 2.28. The van der Waals surface area contributed by atoms with E-state index in [2.05, 4.69) is 19.2 Å². The zero-order chi connectivity index (χ0) is 12.2. The van der Waals surface area contributed by atoms with Crippen LogP contribution in [0.25, 0.3) is 0 Å². The Labute approximate surface area is 109 Å². The molecule has 3 N–H and O–H groups in total. The molecule has 0 radical (unpaired) electrons. The van der Waals surface area contributed by atoms with Gasteiger partial charge in [-0.1, -0.05) is 32.0 Å². The van der Waals surface area contributed by atoms with Crippen LogP contribution in [0.15, 0.2) is 30.3 Å². The van der Waals surface area contributed by atoms with Gasteiger partial charge in [0, 0.05) is 12.1 Å². The van der Waals surface area contributed by atoms with Gasteiger partial charge in [-0.2, -0.15) is 0 Å². The maximum atomic E-state index is 12.0.